The van der Waals surface area contributed by atoms with Crippen LogP contribution in [0.15, 0.2) is 29.1 Å². The van der Waals surface area contributed by atoms with E-state index in [9.17, 15) is 9.90 Å². The van der Waals surface area contributed by atoms with Crippen molar-refractivity contribution in [3.8, 4) is 0 Å². The number of hydrogen-bond acceptors (Lipinski definition) is 5. The molecule has 6 nitrogen and oxygen atoms in total. The fourth-order valence-electron chi connectivity index (χ4n) is 4.73. The van der Waals surface area contributed by atoms with E-state index in [2.05, 4.69) is 32.8 Å². The molecule has 1 aromatic heterocycles. The normalized spacial score (nSPS) is 25.0. The van der Waals surface area contributed by atoms with Crippen molar-refractivity contribution < 1.29 is 5.11 Å². The molecule has 2 fully saturated rings. The summed E-state index contributed by atoms with van der Waals surface area (Å²) in [6.07, 6.45) is 0. The van der Waals surface area contributed by atoms with Crippen LogP contribution in [0.3, 0.4) is 0 Å². The van der Waals surface area contributed by atoms with Gasteiger partial charge in [-0.15, -0.1) is 0 Å². The van der Waals surface area contributed by atoms with E-state index in [1.165, 1.54) is 0 Å². The number of rotatable bonds is 5. The maximum absolute atomic E-state index is 12.6. The number of nitrogens with one attached hydrogen (secondary N) is 1. The van der Waals surface area contributed by atoms with E-state index in [1.54, 1.807) is 0 Å². The molecule has 2 aliphatic heterocycles. The Morgan fingerprint density at radius 3 is 2.61 bits per heavy atom. The predicted molar refractivity (Wildman–Crippen MR) is 113 cm³/mol. The molecule has 0 amide bonds. The number of likely N-dealkylation sites (tertiary alicyclic amines) is 1. The molecule has 4 rings (SSSR count). The number of aromatic amines is 1. The molecule has 28 heavy (non-hydrogen) atoms. The third kappa shape index (κ3) is 4.15. The molecule has 2 aliphatic rings. The Bertz CT molecular complexity index is 872. The zero-order valence-corrected chi connectivity index (χ0v) is 17.0. The number of aliphatic hydroxyl groups is 1. The smallest absolute Gasteiger partial charge is 0.252 e. The number of H-pyrrole nitrogens is 1. The Kier molecular flexibility index (Phi) is 5.83. The first-order valence-corrected chi connectivity index (χ1v) is 10.4. The molecule has 6 heteroatoms. The zero-order valence-electron chi connectivity index (χ0n) is 17.0. The molecule has 0 aliphatic carbocycles. The Hall–Kier alpha value is -1.73. The minimum absolute atomic E-state index is 0.00451. The van der Waals surface area contributed by atoms with Gasteiger partial charge in [0.2, 0.25) is 0 Å². The van der Waals surface area contributed by atoms with E-state index < -0.39 is 0 Å². The number of likely N-dealkylation sites (N-methyl/N-ethyl adjacent to an activating group) is 1. The third-order valence-corrected chi connectivity index (χ3v) is 6.53. The van der Waals surface area contributed by atoms with Crippen molar-refractivity contribution in [2.24, 2.45) is 11.8 Å². The Morgan fingerprint density at radius 1 is 1.11 bits per heavy atom. The monoisotopic (exact) mass is 384 g/mol. The number of pyridine rings is 1. The van der Waals surface area contributed by atoms with Gasteiger partial charge in [0.1, 0.15) is 0 Å². The van der Waals surface area contributed by atoms with Crippen molar-refractivity contribution in [2.75, 3.05) is 59.5 Å². The third-order valence-electron chi connectivity index (χ3n) is 6.53. The number of para-hydroxylation sites is 1. The highest BCUT2D eigenvalue weighted by atomic mass is 16.3. The second kappa shape index (κ2) is 8.33. The first-order chi connectivity index (χ1) is 13.5. The summed E-state index contributed by atoms with van der Waals surface area (Å²) in [5, 5.41) is 11.0. The van der Waals surface area contributed by atoms with Crippen LogP contribution in [0.4, 0.5) is 0 Å². The summed E-state index contributed by atoms with van der Waals surface area (Å²) in [4.78, 5) is 22.9. The van der Waals surface area contributed by atoms with Gasteiger partial charge in [-0.25, -0.2) is 0 Å². The van der Waals surface area contributed by atoms with Gasteiger partial charge < -0.3 is 19.9 Å². The van der Waals surface area contributed by atoms with E-state index in [1.807, 2.05) is 25.1 Å². The molecule has 0 bridgehead atoms. The maximum atomic E-state index is 12.6. The van der Waals surface area contributed by atoms with E-state index in [0.29, 0.717) is 18.4 Å². The lowest BCUT2D eigenvalue weighted by Crippen LogP contribution is -2.47. The highest BCUT2D eigenvalue weighted by Crippen LogP contribution is 2.26. The molecule has 2 N–H and O–H groups in total. The van der Waals surface area contributed by atoms with Crippen molar-refractivity contribution in [1.82, 2.24) is 19.7 Å². The first-order valence-electron chi connectivity index (χ1n) is 10.4. The van der Waals surface area contributed by atoms with Crippen molar-refractivity contribution in [3.63, 3.8) is 0 Å². The van der Waals surface area contributed by atoms with E-state index in [4.69, 9.17) is 0 Å². The number of aromatic nitrogens is 1. The first kappa shape index (κ1) is 19.6. The Morgan fingerprint density at radius 2 is 1.86 bits per heavy atom. The summed E-state index contributed by atoms with van der Waals surface area (Å²) in [6, 6.07) is 8.14. The number of nitrogens with zero attached hydrogens (tertiary/aromatic N) is 3. The van der Waals surface area contributed by atoms with Gasteiger partial charge in [0.15, 0.2) is 0 Å². The van der Waals surface area contributed by atoms with Crippen molar-refractivity contribution in [3.05, 3.63) is 45.7 Å². The zero-order chi connectivity index (χ0) is 19.7. The molecule has 0 saturated carbocycles. The molecular weight excluding hydrogens is 352 g/mol. The number of aryl methyl sites for hydroxylation is 1. The molecule has 1 aromatic carbocycles. The lowest BCUT2D eigenvalue weighted by Gasteiger charge is -2.34. The molecule has 2 saturated heterocycles. The van der Waals surface area contributed by atoms with Crippen molar-refractivity contribution in [2.45, 2.75) is 13.5 Å². The number of benzene rings is 1. The van der Waals surface area contributed by atoms with Crippen molar-refractivity contribution in [1.29, 1.82) is 0 Å². The van der Waals surface area contributed by atoms with Gasteiger partial charge in [0.05, 0.1) is 5.52 Å². The van der Waals surface area contributed by atoms with Crippen LogP contribution in [0, 0.1) is 18.8 Å². The highest BCUT2D eigenvalue weighted by molar-refractivity contribution is 5.81. The van der Waals surface area contributed by atoms with Crippen molar-refractivity contribution >= 4 is 10.9 Å². The second-order valence-electron chi connectivity index (χ2n) is 8.66. The largest absolute Gasteiger partial charge is 0.396 e. The van der Waals surface area contributed by atoms with Gasteiger partial charge in [-0.1, -0.05) is 18.2 Å². The van der Waals surface area contributed by atoms with Crippen LogP contribution in [0.1, 0.15) is 11.1 Å². The van der Waals surface area contributed by atoms with Gasteiger partial charge in [-0.05, 0) is 42.8 Å². The van der Waals surface area contributed by atoms with Crippen LogP contribution in [0.2, 0.25) is 0 Å². The number of piperazine rings is 1. The summed E-state index contributed by atoms with van der Waals surface area (Å²) >= 11 is 0. The van der Waals surface area contributed by atoms with Crippen LogP contribution < -0.4 is 5.56 Å². The van der Waals surface area contributed by atoms with Gasteiger partial charge >= 0.3 is 0 Å². The Balaban J connectivity index is 1.45. The van der Waals surface area contributed by atoms with Gasteiger partial charge in [-0.3, -0.25) is 9.69 Å². The van der Waals surface area contributed by atoms with Crippen LogP contribution in [0.25, 0.3) is 10.9 Å². The van der Waals surface area contributed by atoms with Gasteiger partial charge in [-0.2, -0.15) is 0 Å². The molecule has 2 aromatic rings. The topological polar surface area (TPSA) is 62.8 Å². The fourth-order valence-corrected chi connectivity index (χ4v) is 4.73. The number of aliphatic hydroxyl groups excluding tert-OH is 1. The molecular formula is C22H32N4O2. The van der Waals surface area contributed by atoms with Gasteiger partial charge in [0.25, 0.3) is 5.56 Å². The fraction of sp³-hybridized carbons (Fsp3) is 0.591. The predicted octanol–water partition coefficient (Wildman–Crippen LogP) is 1.12. The molecule has 0 radical (unpaired) electrons. The molecule has 152 valence electrons. The Labute approximate surface area is 166 Å². The average Bonchev–Trinajstić information content (AvgIpc) is 3.06. The molecule has 0 unspecified atom stereocenters. The lowest BCUT2D eigenvalue weighted by molar-refractivity contribution is 0.116. The summed E-state index contributed by atoms with van der Waals surface area (Å²) in [7, 11) is 2.17. The summed E-state index contributed by atoms with van der Waals surface area (Å²) in [6.45, 7) is 10.2. The van der Waals surface area contributed by atoms with Gasteiger partial charge in [0, 0.05) is 64.5 Å². The quantitative estimate of drug-likeness (QED) is 0.809. The second-order valence-corrected chi connectivity index (χ2v) is 8.66. The van der Waals surface area contributed by atoms with Crippen LogP contribution in [-0.2, 0) is 6.54 Å². The molecule has 2 atom stereocenters. The minimum atomic E-state index is 0.00451. The summed E-state index contributed by atoms with van der Waals surface area (Å²) < 4.78 is 0. The maximum Gasteiger partial charge on any atom is 0.252 e. The summed E-state index contributed by atoms with van der Waals surface area (Å²) in [5.74, 6) is 0.761. The summed E-state index contributed by atoms with van der Waals surface area (Å²) in [5.41, 5.74) is 2.84. The SMILES string of the molecule is Cc1cccc2cc(CN3C[C@@H](CN4CCN(C)CC4)[C@@H](CO)C3)c(=O)[nH]c12. The minimum Gasteiger partial charge on any atom is -0.396 e. The standard InChI is InChI=1S/C22H32N4O2/c1-16-4-3-5-17-10-18(22(28)23-21(16)17)11-26-13-19(20(14-26)15-27)12-25-8-6-24(2)7-9-25/h3-5,10,19-20,27H,6-9,11-15H2,1-2H3,(H,23,28)/t19-,20-/m1/s1. The molecule has 0 spiro atoms. The van der Waals surface area contributed by atoms with Crippen LogP contribution in [-0.4, -0.2) is 84.3 Å². The van der Waals surface area contributed by atoms with E-state index in [-0.39, 0.29) is 12.2 Å². The van der Waals surface area contributed by atoms with Crippen LogP contribution in [0.5, 0.6) is 0 Å². The lowest BCUT2D eigenvalue weighted by atomic mass is 9.96. The number of fused-ring (bicyclic) bond motifs is 1. The molecule has 3 heterocycles. The van der Waals surface area contributed by atoms with Crippen LogP contribution >= 0.6 is 0 Å². The number of hydrogen-bond donors (Lipinski definition) is 2. The average molecular weight is 385 g/mol. The highest BCUT2D eigenvalue weighted by Gasteiger charge is 2.34. The van der Waals surface area contributed by atoms with E-state index >= 15 is 0 Å². The van der Waals surface area contributed by atoms with E-state index in [0.717, 1.165) is 67.8 Å².